The first-order valence-electron chi connectivity index (χ1n) is 5.96. The standard InChI is InChI=1S/C12H21NO5/c1-12(2,3)18-11(16)13-6-8(10(15)17-4)5-9(14)7-13/h8-9,14H,5-7H2,1-4H3/t8-,9+/m1/s1. The second-order valence-electron chi connectivity index (χ2n) is 5.49. The summed E-state index contributed by atoms with van der Waals surface area (Å²) in [6, 6.07) is 0. The van der Waals surface area contributed by atoms with Crippen LogP contribution >= 0.6 is 0 Å². The Labute approximate surface area is 107 Å². The molecule has 0 bridgehead atoms. The van der Waals surface area contributed by atoms with E-state index in [0.29, 0.717) is 6.42 Å². The van der Waals surface area contributed by atoms with E-state index in [4.69, 9.17) is 4.74 Å². The lowest BCUT2D eigenvalue weighted by molar-refractivity contribution is -0.149. The molecule has 2 atom stereocenters. The second-order valence-corrected chi connectivity index (χ2v) is 5.49. The molecular weight excluding hydrogens is 238 g/mol. The van der Waals surface area contributed by atoms with Gasteiger partial charge in [0.05, 0.1) is 19.1 Å². The maximum Gasteiger partial charge on any atom is 0.410 e. The third kappa shape index (κ3) is 4.18. The molecule has 0 aromatic carbocycles. The van der Waals surface area contributed by atoms with E-state index in [-0.39, 0.29) is 13.1 Å². The number of carbonyl (C=O) groups excluding carboxylic acids is 2. The SMILES string of the molecule is COC(=O)[C@@H]1C[C@H](O)CN(C(=O)OC(C)(C)C)C1. The molecule has 1 rings (SSSR count). The molecule has 1 amide bonds. The van der Waals surface area contributed by atoms with Crippen LogP contribution in [0.3, 0.4) is 0 Å². The number of amides is 1. The molecule has 0 aliphatic carbocycles. The first kappa shape index (κ1) is 14.8. The Hall–Kier alpha value is -1.30. The van der Waals surface area contributed by atoms with Gasteiger partial charge < -0.3 is 19.5 Å². The maximum atomic E-state index is 11.9. The van der Waals surface area contributed by atoms with Gasteiger partial charge in [-0.15, -0.1) is 0 Å². The number of carbonyl (C=O) groups is 2. The predicted octanol–water partition coefficient (Wildman–Crippen LogP) is 0.777. The van der Waals surface area contributed by atoms with Crippen molar-refractivity contribution >= 4 is 12.1 Å². The van der Waals surface area contributed by atoms with E-state index in [9.17, 15) is 14.7 Å². The molecule has 1 heterocycles. The summed E-state index contributed by atoms with van der Waals surface area (Å²) in [5.74, 6) is -0.909. The molecule has 6 nitrogen and oxygen atoms in total. The van der Waals surface area contributed by atoms with Gasteiger partial charge in [-0.3, -0.25) is 4.79 Å². The Balaban J connectivity index is 2.66. The molecule has 18 heavy (non-hydrogen) atoms. The second kappa shape index (κ2) is 5.56. The number of rotatable bonds is 1. The minimum Gasteiger partial charge on any atom is -0.469 e. The van der Waals surface area contributed by atoms with Crippen molar-refractivity contribution in [3.8, 4) is 0 Å². The molecule has 0 spiro atoms. The lowest BCUT2D eigenvalue weighted by Crippen LogP contribution is -2.49. The predicted molar refractivity (Wildman–Crippen MR) is 63.9 cm³/mol. The van der Waals surface area contributed by atoms with Gasteiger partial charge in [-0.1, -0.05) is 0 Å². The zero-order chi connectivity index (χ0) is 13.9. The molecule has 104 valence electrons. The summed E-state index contributed by atoms with van der Waals surface area (Å²) >= 11 is 0. The highest BCUT2D eigenvalue weighted by Crippen LogP contribution is 2.20. The highest BCUT2D eigenvalue weighted by molar-refractivity contribution is 5.75. The van der Waals surface area contributed by atoms with Gasteiger partial charge in [-0.2, -0.15) is 0 Å². The monoisotopic (exact) mass is 259 g/mol. The molecule has 0 radical (unpaired) electrons. The van der Waals surface area contributed by atoms with Crippen LogP contribution in [-0.4, -0.2) is 54.0 Å². The number of β-amino-alcohol motifs (C(OH)–C–C–N with tert-alkyl or cyclic N) is 1. The molecular formula is C12H21NO5. The lowest BCUT2D eigenvalue weighted by atomic mass is 9.96. The topological polar surface area (TPSA) is 76.1 Å². The highest BCUT2D eigenvalue weighted by atomic mass is 16.6. The zero-order valence-corrected chi connectivity index (χ0v) is 11.3. The summed E-state index contributed by atoms with van der Waals surface area (Å²) in [5.41, 5.74) is -0.597. The van der Waals surface area contributed by atoms with Gasteiger partial charge in [0.15, 0.2) is 0 Å². The van der Waals surface area contributed by atoms with Crippen LogP contribution in [0.25, 0.3) is 0 Å². The summed E-state index contributed by atoms with van der Waals surface area (Å²) in [6.45, 7) is 5.70. The highest BCUT2D eigenvalue weighted by Gasteiger charge is 2.35. The number of esters is 1. The van der Waals surface area contributed by atoms with Crippen molar-refractivity contribution in [2.45, 2.75) is 38.9 Å². The van der Waals surface area contributed by atoms with Crippen LogP contribution in [0.1, 0.15) is 27.2 Å². The minimum absolute atomic E-state index is 0.183. The van der Waals surface area contributed by atoms with E-state index in [0.717, 1.165) is 0 Å². The van der Waals surface area contributed by atoms with Crippen molar-refractivity contribution in [2.75, 3.05) is 20.2 Å². The molecule has 1 aliphatic heterocycles. The number of aliphatic hydroxyl groups excluding tert-OH is 1. The van der Waals surface area contributed by atoms with Gasteiger partial charge in [0.25, 0.3) is 0 Å². The molecule has 1 fully saturated rings. The quantitative estimate of drug-likeness (QED) is 0.704. The molecule has 0 aromatic heterocycles. The smallest absolute Gasteiger partial charge is 0.410 e. The number of nitrogens with zero attached hydrogens (tertiary/aromatic N) is 1. The van der Waals surface area contributed by atoms with Crippen LogP contribution in [0.4, 0.5) is 4.79 Å². The van der Waals surface area contributed by atoms with Gasteiger partial charge in [-0.25, -0.2) is 4.79 Å². The van der Waals surface area contributed by atoms with E-state index < -0.39 is 29.7 Å². The van der Waals surface area contributed by atoms with Crippen LogP contribution in [0, 0.1) is 5.92 Å². The number of piperidine rings is 1. The molecule has 0 unspecified atom stereocenters. The number of ether oxygens (including phenoxy) is 2. The van der Waals surface area contributed by atoms with Gasteiger partial charge in [0, 0.05) is 13.1 Å². The van der Waals surface area contributed by atoms with Crippen LogP contribution in [0.15, 0.2) is 0 Å². The minimum atomic E-state index is -0.727. The van der Waals surface area contributed by atoms with Gasteiger partial charge in [0.1, 0.15) is 5.60 Å². The average Bonchev–Trinajstić information content (AvgIpc) is 2.24. The number of aliphatic hydroxyl groups is 1. The van der Waals surface area contributed by atoms with E-state index in [1.54, 1.807) is 20.8 Å². The summed E-state index contributed by atoms with van der Waals surface area (Å²) in [5, 5.41) is 9.68. The van der Waals surface area contributed by atoms with Crippen molar-refractivity contribution in [3.05, 3.63) is 0 Å². The van der Waals surface area contributed by atoms with E-state index in [1.807, 2.05) is 0 Å². The summed E-state index contributed by atoms with van der Waals surface area (Å²) < 4.78 is 9.85. The normalized spacial score (nSPS) is 24.6. The first-order chi connectivity index (χ1) is 8.23. The number of likely N-dealkylation sites (tertiary alicyclic amines) is 1. The van der Waals surface area contributed by atoms with Crippen molar-refractivity contribution in [3.63, 3.8) is 0 Å². The van der Waals surface area contributed by atoms with Crippen molar-refractivity contribution < 1.29 is 24.2 Å². The molecule has 0 aromatic rings. The maximum absolute atomic E-state index is 11.9. The largest absolute Gasteiger partial charge is 0.469 e. The molecule has 1 N–H and O–H groups in total. The Morgan fingerprint density at radius 1 is 1.28 bits per heavy atom. The molecule has 1 aliphatic rings. The fourth-order valence-corrected chi connectivity index (χ4v) is 1.89. The third-order valence-electron chi connectivity index (χ3n) is 2.61. The van der Waals surface area contributed by atoms with E-state index in [2.05, 4.69) is 4.74 Å². The molecule has 6 heteroatoms. The summed E-state index contributed by atoms with van der Waals surface area (Å²) in [4.78, 5) is 24.7. The molecule has 1 saturated heterocycles. The zero-order valence-electron chi connectivity index (χ0n) is 11.3. The van der Waals surface area contributed by atoms with Crippen LogP contribution in [0.5, 0.6) is 0 Å². The summed E-state index contributed by atoms with van der Waals surface area (Å²) in [7, 11) is 1.29. The van der Waals surface area contributed by atoms with Crippen LogP contribution < -0.4 is 0 Å². The lowest BCUT2D eigenvalue weighted by Gasteiger charge is -2.35. The Morgan fingerprint density at radius 2 is 1.89 bits per heavy atom. The first-order valence-corrected chi connectivity index (χ1v) is 5.96. The van der Waals surface area contributed by atoms with Gasteiger partial charge in [0.2, 0.25) is 0 Å². The Morgan fingerprint density at radius 3 is 2.39 bits per heavy atom. The third-order valence-corrected chi connectivity index (χ3v) is 2.61. The summed E-state index contributed by atoms with van der Waals surface area (Å²) in [6.07, 6.45) is -0.933. The van der Waals surface area contributed by atoms with Crippen molar-refractivity contribution in [2.24, 2.45) is 5.92 Å². The van der Waals surface area contributed by atoms with Gasteiger partial charge in [-0.05, 0) is 27.2 Å². The fourth-order valence-electron chi connectivity index (χ4n) is 1.89. The number of hydrogen-bond acceptors (Lipinski definition) is 5. The Bertz CT molecular complexity index is 323. The number of methoxy groups -OCH3 is 1. The van der Waals surface area contributed by atoms with E-state index >= 15 is 0 Å². The van der Waals surface area contributed by atoms with Crippen LogP contribution in [-0.2, 0) is 14.3 Å². The van der Waals surface area contributed by atoms with Crippen molar-refractivity contribution in [1.29, 1.82) is 0 Å². The average molecular weight is 259 g/mol. The van der Waals surface area contributed by atoms with Crippen LogP contribution in [0.2, 0.25) is 0 Å². The van der Waals surface area contributed by atoms with Gasteiger partial charge >= 0.3 is 12.1 Å². The fraction of sp³-hybridized carbons (Fsp3) is 0.833. The molecule has 0 saturated carbocycles. The van der Waals surface area contributed by atoms with E-state index in [1.165, 1.54) is 12.0 Å². The van der Waals surface area contributed by atoms with Crippen molar-refractivity contribution in [1.82, 2.24) is 4.90 Å². The number of hydrogen-bond donors (Lipinski definition) is 1. The Kier molecular flexibility index (Phi) is 4.56.